The Hall–Kier alpha value is -1.68. The van der Waals surface area contributed by atoms with Crippen LogP contribution >= 0.6 is 11.8 Å². The number of aromatic nitrogens is 2. The zero-order chi connectivity index (χ0) is 30.1. The van der Waals surface area contributed by atoms with Crippen LogP contribution in [0.25, 0.3) is 11.3 Å². The van der Waals surface area contributed by atoms with E-state index in [0.29, 0.717) is 48.6 Å². The maximum absolute atomic E-state index is 14.0. The molecule has 2 N–H and O–H groups in total. The lowest BCUT2D eigenvalue weighted by atomic mass is 10.0. The standard InChI is InChI=1S/C28H40F3N5O4S2/c1-42(39,40)35-11-7-25-23(18-35)27(32-36(25)17-22(38)16-34-10-6-20(15-34)19-37)21-4-5-24(28(29,30)31)26(14-21)41-13-12-33-8-2-3-9-33/h4-5,14,20,22,37-38H,2-3,6-13,15-19H2,1H3/t20-,22?/m0/s1. The van der Waals surface area contributed by atoms with Crippen LogP contribution < -0.4 is 0 Å². The molecule has 5 rings (SSSR count). The highest BCUT2D eigenvalue weighted by Crippen LogP contribution is 2.40. The highest BCUT2D eigenvalue weighted by molar-refractivity contribution is 7.99. The monoisotopic (exact) mass is 631 g/mol. The molecule has 2 atom stereocenters. The van der Waals surface area contributed by atoms with E-state index in [0.717, 1.165) is 56.9 Å². The number of alkyl halides is 3. The lowest BCUT2D eigenvalue weighted by Gasteiger charge is -2.26. The Morgan fingerprint density at radius 1 is 1.12 bits per heavy atom. The van der Waals surface area contributed by atoms with Crippen molar-refractivity contribution in [3.8, 4) is 11.3 Å². The summed E-state index contributed by atoms with van der Waals surface area (Å²) in [6.07, 6.45) is -0.625. The predicted molar refractivity (Wildman–Crippen MR) is 156 cm³/mol. The molecule has 3 aliphatic heterocycles. The van der Waals surface area contributed by atoms with E-state index >= 15 is 0 Å². The molecular formula is C28H40F3N5O4S2. The van der Waals surface area contributed by atoms with Gasteiger partial charge in [0.25, 0.3) is 0 Å². The Bertz CT molecular complexity index is 1350. The van der Waals surface area contributed by atoms with Crippen molar-refractivity contribution in [1.82, 2.24) is 23.9 Å². The van der Waals surface area contributed by atoms with Crippen LogP contribution in [-0.2, 0) is 35.7 Å². The molecule has 1 aromatic carbocycles. The Labute approximate surface area is 249 Å². The summed E-state index contributed by atoms with van der Waals surface area (Å²) < 4.78 is 69.8. The van der Waals surface area contributed by atoms with Crippen LogP contribution in [0.4, 0.5) is 13.2 Å². The smallest absolute Gasteiger partial charge is 0.396 e. The van der Waals surface area contributed by atoms with E-state index in [1.807, 2.05) is 0 Å². The second kappa shape index (κ2) is 13.1. The lowest BCUT2D eigenvalue weighted by Crippen LogP contribution is -2.37. The number of hydrogen-bond acceptors (Lipinski definition) is 8. The molecule has 9 nitrogen and oxygen atoms in total. The van der Waals surface area contributed by atoms with Crippen LogP contribution in [0.3, 0.4) is 0 Å². The first-order valence-corrected chi connectivity index (χ1v) is 17.4. The van der Waals surface area contributed by atoms with Crippen LogP contribution in [0.1, 0.15) is 36.1 Å². The van der Waals surface area contributed by atoms with Gasteiger partial charge in [0.2, 0.25) is 10.0 Å². The van der Waals surface area contributed by atoms with Crippen molar-refractivity contribution in [3.05, 3.63) is 35.0 Å². The number of likely N-dealkylation sites (tertiary alicyclic amines) is 2. The summed E-state index contributed by atoms with van der Waals surface area (Å²) in [6.45, 7) is 5.20. The average Bonchev–Trinajstić information content (AvgIpc) is 3.68. The van der Waals surface area contributed by atoms with E-state index in [9.17, 15) is 31.8 Å². The number of hydrogen-bond donors (Lipinski definition) is 2. The number of halogens is 3. The first-order valence-electron chi connectivity index (χ1n) is 14.5. The molecule has 234 valence electrons. The van der Waals surface area contributed by atoms with Gasteiger partial charge in [-0.3, -0.25) is 4.68 Å². The molecule has 0 saturated carbocycles. The molecule has 0 amide bonds. The fraction of sp³-hybridized carbons (Fsp3) is 0.679. The first kappa shape index (κ1) is 31.7. The van der Waals surface area contributed by atoms with E-state index in [1.165, 1.54) is 28.2 Å². The largest absolute Gasteiger partial charge is 0.417 e. The zero-order valence-electron chi connectivity index (χ0n) is 23.9. The van der Waals surface area contributed by atoms with E-state index < -0.39 is 27.9 Å². The summed E-state index contributed by atoms with van der Waals surface area (Å²) >= 11 is 1.18. The Morgan fingerprint density at radius 3 is 2.55 bits per heavy atom. The summed E-state index contributed by atoms with van der Waals surface area (Å²) in [6, 6.07) is 4.03. The fourth-order valence-electron chi connectivity index (χ4n) is 6.23. The third-order valence-corrected chi connectivity index (χ3v) is 10.8. The van der Waals surface area contributed by atoms with E-state index in [2.05, 4.69) is 9.80 Å². The number of benzene rings is 1. The summed E-state index contributed by atoms with van der Waals surface area (Å²) in [4.78, 5) is 4.50. The van der Waals surface area contributed by atoms with Gasteiger partial charge in [-0.05, 0) is 56.9 Å². The van der Waals surface area contributed by atoms with Gasteiger partial charge in [0.05, 0.1) is 30.2 Å². The molecule has 0 spiro atoms. The third kappa shape index (κ3) is 7.51. The molecule has 2 fully saturated rings. The molecule has 14 heteroatoms. The zero-order valence-corrected chi connectivity index (χ0v) is 25.5. The molecule has 3 aliphatic rings. The maximum atomic E-state index is 14.0. The van der Waals surface area contributed by atoms with Gasteiger partial charge in [0.1, 0.15) is 0 Å². The van der Waals surface area contributed by atoms with E-state index in [-0.39, 0.29) is 37.1 Å². The fourth-order valence-corrected chi connectivity index (χ4v) is 8.13. The molecule has 2 saturated heterocycles. The summed E-state index contributed by atoms with van der Waals surface area (Å²) in [5.41, 5.74) is 1.71. The number of sulfonamides is 1. The number of aliphatic hydroxyl groups excluding tert-OH is 2. The van der Waals surface area contributed by atoms with Crippen LogP contribution in [0.2, 0.25) is 0 Å². The number of fused-ring (bicyclic) bond motifs is 1. The number of aliphatic hydroxyl groups is 2. The van der Waals surface area contributed by atoms with Crippen LogP contribution in [-0.4, -0.2) is 113 Å². The molecule has 1 unspecified atom stereocenters. The molecule has 0 aliphatic carbocycles. The normalized spacial score (nSPS) is 21.7. The van der Waals surface area contributed by atoms with Crippen molar-refractivity contribution in [1.29, 1.82) is 0 Å². The van der Waals surface area contributed by atoms with Crippen molar-refractivity contribution >= 4 is 21.8 Å². The summed E-state index contributed by atoms with van der Waals surface area (Å²) in [5, 5.41) is 25.2. The molecule has 0 bridgehead atoms. The highest BCUT2D eigenvalue weighted by Gasteiger charge is 2.35. The van der Waals surface area contributed by atoms with Crippen molar-refractivity contribution in [3.63, 3.8) is 0 Å². The number of thioether (sulfide) groups is 1. The predicted octanol–water partition coefficient (Wildman–Crippen LogP) is 2.75. The molecule has 1 aromatic heterocycles. The second-order valence-electron chi connectivity index (χ2n) is 11.7. The third-order valence-electron chi connectivity index (χ3n) is 8.47. The van der Waals surface area contributed by atoms with Gasteiger partial charge in [-0.25, -0.2) is 8.42 Å². The molecule has 42 heavy (non-hydrogen) atoms. The van der Waals surface area contributed by atoms with Gasteiger partial charge in [-0.1, -0.05) is 6.07 Å². The van der Waals surface area contributed by atoms with Gasteiger partial charge < -0.3 is 20.0 Å². The minimum atomic E-state index is -4.50. The Balaban J connectivity index is 1.43. The molecule has 0 radical (unpaired) electrons. The van der Waals surface area contributed by atoms with Crippen molar-refractivity contribution in [2.75, 3.05) is 64.4 Å². The minimum Gasteiger partial charge on any atom is -0.396 e. The first-order chi connectivity index (χ1) is 19.9. The van der Waals surface area contributed by atoms with Gasteiger partial charge in [-0.2, -0.15) is 22.6 Å². The maximum Gasteiger partial charge on any atom is 0.417 e. The highest BCUT2D eigenvalue weighted by atomic mass is 32.2. The number of β-amino-alcohol motifs (C(OH)–C–C–N with tert-alkyl or cyclic N) is 1. The van der Waals surface area contributed by atoms with Crippen molar-refractivity contribution in [2.45, 2.75) is 55.9 Å². The van der Waals surface area contributed by atoms with Gasteiger partial charge in [0.15, 0.2) is 0 Å². The summed E-state index contributed by atoms with van der Waals surface area (Å²) in [7, 11) is -3.50. The number of rotatable bonds is 11. The van der Waals surface area contributed by atoms with Gasteiger partial charge >= 0.3 is 6.18 Å². The van der Waals surface area contributed by atoms with E-state index in [1.54, 1.807) is 4.68 Å². The lowest BCUT2D eigenvalue weighted by molar-refractivity contribution is -0.139. The topological polar surface area (TPSA) is 102 Å². The van der Waals surface area contributed by atoms with Gasteiger partial charge in [0, 0.05) is 73.2 Å². The molecule has 2 aromatic rings. The SMILES string of the molecule is CS(=O)(=O)N1CCc2c(c(-c3ccc(C(F)(F)F)c(SCCN4CCCC4)c3)nn2CC(O)CN2CC[C@H](CO)C2)C1. The molecular weight excluding hydrogens is 591 g/mol. The quantitative estimate of drug-likeness (QED) is 0.366. The molecule has 4 heterocycles. The second-order valence-corrected chi connectivity index (χ2v) is 14.8. The Morgan fingerprint density at radius 2 is 1.88 bits per heavy atom. The van der Waals surface area contributed by atoms with Crippen LogP contribution in [0.15, 0.2) is 23.1 Å². The number of nitrogens with zero attached hydrogens (tertiary/aromatic N) is 5. The van der Waals surface area contributed by atoms with E-state index in [4.69, 9.17) is 5.10 Å². The average molecular weight is 632 g/mol. The van der Waals surface area contributed by atoms with Crippen molar-refractivity contribution in [2.24, 2.45) is 5.92 Å². The van der Waals surface area contributed by atoms with Gasteiger partial charge in [-0.15, -0.1) is 11.8 Å². The minimum absolute atomic E-state index is 0.0718. The Kier molecular flexibility index (Phi) is 9.92. The van der Waals surface area contributed by atoms with Crippen LogP contribution in [0, 0.1) is 5.92 Å². The van der Waals surface area contributed by atoms with Crippen LogP contribution in [0.5, 0.6) is 0 Å². The summed E-state index contributed by atoms with van der Waals surface area (Å²) in [5.74, 6) is 0.728. The van der Waals surface area contributed by atoms with Crippen molar-refractivity contribution < 1.29 is 31.8 Å².